The van der Waals surface area contributed by atoms with Crippen LogP contribution < -0.4 is 5.32 Å². The van der Waals surface area contributed by atoms with Gasteiger partial charge in [0.1, 0.15) is 0 Å². The standard InChI is InChI=1S/C20H19NO2S/c1-14-7-6-10-18(15(14)2)21-20(22)19-16(11-12-23-19)13-24-17-8-4-3-5-9-17/h3-12H,13H2,1-2H3,(H,21,22). The van der Waals surface area contributed by atoms with Gasteiger partial charge >= 0.3 is 0 Å². The number of amides is 1. The van der Waals surface area contributed by atoms with Crippen LogP contribution in [0.1, 0.15) is 27.2 Å². The second-order valence-corrected chi connectivity index (χ2v) is 6.63. The number of hydrogen-bond donors (Lipinski definition) is 1. The fourth-order valence-corrected chi connectivity index (χ4v) is 3.29. The smallest absolute Gasteiger partial charge is 0.291 e. The number of aryl methyl sites for hydroxylation is 1. The summed E-state index contributed by atoms with van der Waals surface area (Å²) in [6.07, 6.45) is 1.57. The number of benzene rings is 2. The Balaban J connectivity index is 1.72. The van der Waals surface area contributed by atoms with Crippen molar-refractivity contribution in [2.24, 2.45) is 0 Å². The number of carbonyl (C=O) groups excluding carboxylic acids is 1. The molecule has 1 amide bonds. The summed E-state index contributed by atoms with van der Waals surface area (Å²) in [5.41, 5.74) is 3.93. The maximum absolute atomic E-state index is 12.6. The summed E-state index contributed by atoms with van der Waals surface area (Å²) in [6.45, 7) is 4.03. The summed E-state index contributed by atoms with van der Waals surface area (Å²) in [5, 5.41) is 2.95. The van der Waals surface area contributed by atoms with Crippen LogP contribution >= 0.6 is 11.8 Å². The van der Waals surface area contributed by atoms with E-state index >= 15 is 0 Å². The van der Waals surface area contributed by atoms with Gasteiger partial charge in [0.25, 0.3) is 5.91 Å². The van der Waals surface area contributed by atoms with E-state index in [1.807, 2.05) is 56.3 Å². The van der Waals surface area contributed by atoms with Crippen LogP contribution in [0.4, 0.5) is 5.69 Å². The summed E-state index contributed by atoms with van der Waals surface area (Å²) >= 11 is 1.68. The van der Waals surface area contributed by atoms with Gasteiger partial charge in [0, 0.05) is 21.9 Å². The SMILES string of the molecule is Cc1cccc(NC(=O)c2occc2CSc2ccccc2)c1C. The molecule has 3 nitrogen and oxygen atoms in total. The van der Waals surface area contributed by atoms with E-state index in [2.05, 4.69) is 17.4 Å². The normalized spacial score (nSPS) is 10.6. The second kappa shape index (κ2) is 7.41. The maximum atomic E-state index is 12.6. The molecule has 122 valence electrons. The first-order valence-electron chi connectivity index (χ1n) is 7.77. The highest BCUT2D eigenvalue weighted by molar-refractivity contribution is 7.98. The van der Waals surface area contributed by atoms with Gasteiger partial charge in [-0.2, -0.15) is 0 Å². The molecule has 1 aromatic heterocycles. The summed E-state index contributed by atoms with van der Waals surface area (Å²) in [4.78, 5) is 13.7. The van der Waals surface area contributed by atoms with E-state index in [-0.39, 0.29) is 5.91 Å². The van der Waals surface area contributed by atoms with Gasteiger partial charge in [0.15, 0.2) is 5.76 Å². The second-order valence-electron chi connectivity index (χ2n) is 5.58. The Morgan fingerprint density at radius 2 is 1.83 bits per heavy atom. The number of hydrogen-bond acceptors (Lipinski definition) is 3. The molecule has 0 fully saturated rings. The van der Waals surface area contributed by atoms with Crippen molar-refractivity contribution in [1.82, 2.24) is 0 Å². The number of anilines is 1. The highest BCUT2D eigenvalue weighted by Gasteiger charge is 2.16. The summed E-state index contributed by atoms with van der Waals surface area (Å²) in [6, 6.07) is 17.8. The Morgan fingerprint density at radius 3 is 2.62 bits per heavy atom. The number of furan rings is 1. The Labute approximate surface area is 146 Å². The van der Waals surface area contributed by atoms with E-state index in [0.717, 1.165) is 22.4 Å². The highest BCUT2D eigenvalue weighted by atomic mass is 32.2. The van der Waals surface area contributed by atoms with Gasteiger partial charge in [0.2, 0.25) is 0 Å². The molecule has 0 spiro atoms. The lowest BCUT2D eigenvalue weighted by Gasteiger charge is -2.10. The van der Waals surface area contributed by atoms with Crippen LogP contribution in [0, 0.1) is 13.8 Å². The zero-order chi connectivity index (χ0) is 16.9. The van der Waals surface area contributed by atoms with Crippen molar-refractivity contribution < 1.29 is 9.21 Å². The Hall–Kier alpha value is -2.46. The molecule has 0 saturated carbocycles. The lowest BCUT2D eigenvalue weighted by atomic mass is 10.1. The first-order valence-corrected chi connectivity index (χ1v) is 8.75. The number of carbonyl (C=O) groups is 1. The molecule has 0 saturated heterocycles. The van der Waals surface area contributed by atoms with Crippen LogP contribution in [0.25, 0.3) is 0 Å². The molecule has 0 aliphatic carbocycles. The predicted molar refractivity (Wildman–Crippen MR) is 98.6 cm³/mol. The van der Waals surface area contributed by atoms with Gasteiger partial charge in [-0.05, 0) is 49.2 Å². The van der Waals surface area contributed by atoms with Gasteiger partial charge in [-0.25, -0.2) is 0 Å². The van der Waals surface area contributed by atoms with Crippen LogP contribution in [0.3, 0.4) is 0 Å². The topological polar surface area (TPSA) is 42.2 Å². The Morgan fingerprint density at radius 1 is 1.04 bits per heavy atom. The van der Waals surface area contributed by atoms with Crippen LogP contribution in [0.5, 0.6) is 0 Å². The largest absolute Gasteiger partial charge is 0.459 e. The minimum absolute atomic E-state index is 0.211. The number of rotatable bonds is 5. The van der Waals surface area contributed by atoms with Crippen molar-refractivity contribution in [2.75, 3.05) is 5.32 Å². The minimum Gasteiger partial charge on any atom is -0.459 e. The molecule has 0 unspecified atom stereocenters. The number of thioether (sulfide) groups is 1. The molecule has 3 rings (SSSR count). The minimum atomic E-state index is -0.211. The van der Waals surface area contributed by atoms with E-state index < -0.39 is 0 Å². The van der Waals surface area contributed by atoms with Crippen LogP contribution in [0.15, 0.2) is 70.2 Å². The average Bonchev–Trinajstić information content (AvgIpc) is 3.07. The fourth-order valence-electron chi connectivity index (χ4n) is 2.39. The molecule has 3 aromatic rings. The first kappa shape index (κ1) is 16.4. The fraction of sp³-hybridized carbons (Fsp3) is 0.150. The van der Waals surface area contributed by atoms with Crippen molar-refractivity contribution in [3.63, 3.8) is 0 Å². The quantitative estimate of drug-likeness (QED) is 0.630. The van der Waals surface area contributed by atoms with E-state index in [9.17, 15) is 4.79 Å². The molecule has 1 heterocycles. The van der Waals surface area contributed by atoms with Gasteiger partial charge in [0.05, 0.1) is 6.26 Å². The lowest BCUT2D eigenvalue weighted by molar-refractivity contribution is 0.0995. The van der Waals surface area contributed by atoms with Gasteiger partial charge < -0.3 is 9.73 Å². The van der Waals surface area contributed by atoms with Gasteiger partial charge in [-0.15, -0.1) is 11.8 Å². The van der Waals surface area contributed by atoms with Crippen molar-refractivity contribution in [3.05, 3.63) is 83.3 Å². The van der Waals surface area contributed by atoms with Crippen molar-refractivity contribution >= 4 is 23.4 Å². The molecule has 0 atom stereocenters. The molecule has 0 aliphatic rings. The molecule has 0 radical (unpaired) electrons. The van der Waals surface area contributed by atoms with E-state index in [4.69, 9.17) is 4.42 Å². The molecule has 0 bridgehead atoms. The Kier molecular flexibility index (Phi) is 5.06. The third-order valence-corrected chi connectivity index (χ3v) is 5.00. The molecule has 4 heteroatoms. The summed E-state index contributed by atoms with van der Waals surface area (Å²) < 4.78 is 5.43. The van der Waals surface area contributed by atoms with Crippen LogP contribution in [-0.2, 0) is 5.75 Å². The first-order chi connectivity index (χ1) is 11.6. The Bertz CT molecular complexity index is 840. The molecular weight excluding hydrogens is 318 g/mol. The molecule has 1 N–H and O–H groups in total. The summed E-state index contributed by atoms with van der Waals surface area (Å²) in [7, 11) is 0. The molecular formula is C20H19NO2S. The molecule has 0 aliphatic heterocycles. The van der Waals surface area contributed by atoms with Crippen molar-refractivity contribution in [2.45, 2.75) is 24.5 Å². The van der Waals surface area contributed by atoms with Gasteiger partial charge in [-0.3, -0.25) is 4.79 Å². The van der Waals surface area contributed by atoms with E-state index in [1.165, 1.54) is 4.90 Å². The third kappa shape index (κ3) is 3.71. The lowest BCUT2D eigenvalue weighted by Crippen LogP contribution is -2.13. The van der Waals surface area contributed by atoms with E-state index in [1.54, 1.807) is 18.0 Å². The van der Waals surface area contributed by atoms with E-state index in [0.29, 0.717) is 11.5 Å². The van der Waals surface area contributed by atoms with Gasteiger partial charge in [-0.1, -0.05) is 30.3 Å². The zero-order valence-electron chi connectivity index (χ0n) is 13.7. The third-order valence-electron chi connectivity index (χ3n) is 3.94. The highest BCUT2D eigenvalue weighted by Crippen LogP contribution is 2.26. The monoisotopic (exact) mass is 337 g/mol. The average molecular weight is 337 g/mol. The predicted octanol–water partition coefficient (Wildman–Crippen LogP) is 5.44. The van der Waals surface area contributed by atoms with Crippen molar-refractivity contribution in [3.8, 4) is 0 Å². The molecule has 2 aromatic carbocycles. The van der Waals surface area contributed by atoms with Crippen molar-refractivity contribution in [1.29, 1.82) is 0 Å². The maximum Gasteiger partial charge on any atom is 0.291 e. The summed E-state index contributed by atoms with van der Waals surface area (Å²) in [5.74, 6) is 0.854. The van der Waals surface area contributed by atoms with Crippen LogP contribution in [0.2, 0.25) is 0 Å². The molecule has 24 heavy (non-hydrogen) atoms. The zero-order valence-corrected chi connectivity index (χ0v) is 14.5. The van der Waals surface area contributed by atoms with Crippen LogP contribution in [-0.4, -0.2) is 5.91 Å². The number of nitrogens with one attached hydrogen (secondary N) is 1.